The minimum Gasteiger partial charge on any atom is -0.392 e. The zero-order chi connectivity index (χ0) is 11.3. The molecular weight excluding hydrogens is 188 g/mol. The molecule has 0 amide bonds. The molecule has 0 aromatic rings. The molecule has 1 rings (SSSR count). The van der Waals surface area contributed by atoms with E-state index in [1.54, 1.807) is 0 Å². The Hall–Kier alpha value is -0.120. The van der Waals surface area contributed by atoms with Crippen LogP contribution in [0.25, 0.3) is 0 Å². The van der Waals surface area contributed by atoms with Crippen molar-refractivity contribution in [2.75, 3.05) is 26.2 Å². The van der Waals surface area contributed by atoms with Crippen LogP contribution in [0.1, 0.15) is 33.6 Å². The molecule has 1 heterocycles. The maximum Gasteiger partial charge on any atom is 0.0639 e. The van der Waals surface area contributed by atoms with Crippen molar-refractivity contribution < 1.29 is 5.11 Å². The Balaban J connectivity index is 2.23. The molecule has 2 N–H and O–H groups in total. The van der Waals surface area contributed by atoms with Gasteiger partial charge in [-0.1, -0.05) is 13.8 Å². The van der Waals surface area contributed by atoms with E-state index >= 15 is 0 Å². The molecule has 2 atom stereocenters. The molecule has 0 saturated carbocycles. The standard InChI is InChI=1S/C12H26N2O/c1-10(2)13-7-12-5-4-6-14(9-12)8-11(3)15/h10-13,15H,4-9H2,1-3H3/t11-,12?/m1/s1. The monoisotopic (exact) mass is 214 g/mol. The van der Waals surface area contributed by atoms with Gasteiger partial charge in [-0.25, -0.2) is 0 Å². The zero-order valence-electron chi connectivity index (χ0n) is 10.4. The number of piperidine rings is 1. The summed E-state index contributed by atoms with van der Waals surface area (Å²) in [6.45, 7) is 10.5. The van der Waals surface area contributed by atoms with Gasteiger partial charge >= 0.3 is 0 Å². The maximum atomic E-state index is 9.35. The summed E-state index contributed by atoms with van der Waals surface area (Å²) in [6.07, 6.45) is 2.41. The Bertz CT molecular complexity index is 171. The van der Waals surface area contributed by atoms with Gasteiger partial charge in [0.05, 0.1) is 6.10 Å². The Labute approximate surface area is 93.9 Å². The smallest absolute Gasteiger partial charge is 0.0639 e. The molecule has 0 aromatic carbocycles. The van der Waals surface area contributed by atoms with Crippen molar-refractivity contribution in [2.24, 2.45) is 5.92 Å². The van der Waals surface area contributed by atoms with Gasteiger partial charge in [0.15, 0.2) is 0 Å². The fourth-order valence-electron chi connectivity index (χ4n) is 2.26. The van der Waals surface area contributed by atoms with E-state index in [1.165, 1.54) is 12.8 Å². The van der Waals surface area contributed by atoms with Crippen molar-refractivity contribution >= 4 is 0 Å². The lowest BCUT2D eigenvalue weighted by atomic mass is 9.97. The molecule has 0 bridgehead atoms. The molecule has 0 aromatic heterocycles. The van der Waals surface area contributed by atoms with Gasteiger partial charge in [-0.05, 0) is 38.8 Å². The third kappa shape index (κ3) is 5.50. The van der Waals surface area contributed by atoms with E-state index in [0.29, 0.717) is 6.04 Å². The summed E-state index contributed by atoms with van der Waals surface area (Å²) in [5.41, 5.74) is 0. The van der Waals surface area contributed by atoms with Crippen LogP contribution in [0.15, 0.2) is 0 Å². The van der Waals surface area contributed by atoms with Crippen LogP contribution in [0.3, 0.4) is 0 Å². The van der Waals surface area contributed by atoms with Crippen molar-refractivity contribution in [1.82, 2.24) is 10.2 Å². The number of nitrogens with zero attached hydrogens (tertiary/aromatic N) is 1. The van der Waals surface area contributed by atoms with Crippen molar-refractivity contribution in [1.29, 1.82) is 0 Å². The third-order valence-electron chi connectivity index (χ3n) is 2.94. The van der Waals surface area contributed by atoms with E-state index in [4.69, 9.17) is 0 Å². The van der Waals surface area contributed by atoms with Gasteiger partial charge in [-0.3, -0.25) is 0 Å². The van der Waals surface area contributed by atoms with E-state index in [2.05, 4.69) is 24.1 Å². The van der Waals surface area contributed by atoms with Gasteiger partial charge in [0.1, 0.15) is 0 Å². The molecule has 15 heavy (non-hydrogen) atoms. The average Bonchev–Trinajstić information content (AvgIpc) is 2.14. The molecule has 1 saturated heterocycles. The largest absolute Gasteiger partial charge is 0.392 e. The number of rotatable bonds is 5. The molecule has 1 aliphatic heterocycles. The number of hydrogen-bond acceptors (Lipinski definition) is 3. The summed E-state index contributed by atoms with van der Waals surface area (Å²) in [5.74, 6) is 0.764. The Morgan fingerprint density at radius 3 is 2.73 bits per heavy atom. The molecule has 90 valence electrons. The van der Waals surface area contributed by atoms with Crippen LogP contribution in [0.5, 0.6) is 0 Å². The number of hydrogen-bond donors (Lipinski definition) is 2. The van der Waals surface area contributed by atoms with Crippen molar-refractivity contribution in [3.05, 3.63) is 0 Å². The Kier molecular flexibility index (Phi) is 5.58. The minimum atomic E-state index is -0.193. The highest BCUT2D eigenvalue weighted by Crippen LogP contribution is 2.15. The van der Waals surface area contributed by atoms with Gasteiger partial charge < -0.3 is 15.3 Å². The minimum absolute atomic E-state index is 0.193. The number of aliphatic hydroxyl groups is 1. The van der Waals surface area contributed by atoms with Gasteiger partial charge in [0.25, 0.3) is 0 Å². The summed E-state index contributed by atoms with van der Waals surface area (Å²) in [6, 6.07) is 0.581. The van der Waals surface area contributed by atoms with Crippen LogP contribution < -0.4 is 5.32 Å². The molecule has 1 aliphatic rings. The highest BCUT2D eigenvalue weighted by atomic mass is 16.3. The summed E-state index contributed by atoms with van der Waals surface area (Å²) < 4.78 is 0. The van der Waals surface area contributed by atoms with Crippen LogP contribution >= 0.6 is 0 Å². The third-order valence-corrected chi connectivity index (χ3v) is 2.94. The van der Waals surface area contributed by atoms with E-state index < -0.39 is 0 Å². The average molecular weight is 214 g/mol. The quantitative estimate of drug-likeness (QED) is 0.719. The van der Waals surface area contributed by atoms with E-state index in [0.717, 1.165) is 32.1 Å². The number of likely N-dealkylation sites (tertiary alicyclic amines) is 1. The second-order valence-electron chi connectivity index (χ2n) is 5.18. The van der Waals surface area contributed by atoms with Crippen molar-refractivity contribution in [3.8, 4) is 0 Å². The maximum absolute atomic E-state index is 9.35. The summed E-state index contributed by atoms with van der Waals surface area (Å²) in [7, 11) is 0. The topological polar surface area (TPSA) is 35.5 Å². The first-order chi connectivity index (χ1) is 7.08. The molecule has 3 heteroatoms. The van der Waals surface area contributed by atoms with Crippen molar-refractivity contribution in [2.45, 2.75) is 45.8 Å². The van der Waals surface area contributed by atoms with Crippen LogP contribution in [0.2, 0.25) is 0 Å². The van der Waals surface area contributed by atoms with Crippen molar-refractivity contribution in [3.63, 3.8) is 0 Å². The van der Waals surface area contributed by atoms with Gasteiger partial charge in [0.2, 0.25) is 0 Å². The lowest BCUT2D eigenvalue weighted by Gasteiger charge is -2.33. The Morgan fingerprint density at radius 1 is 1.40 bits per heavy atom. The molecule has 1 unspecified atom stereocenters. The predicted octanol–water partition coefficient (Wildman–Crippen LogP) is 1.08. The predicted molar refractivity (Wildman–Crippen MR) is 64.0 cm³/mol. The summed E-state index contributed by atoms with van der Waals surface area (Å²) in [4.78, 5) is 2.39. The normalized spacial score (nSPS) is 25.8. The summed E-state index contributed by atoms with van der Waals surface area (Å²) >= 11 is 0. The van der Waals surface area contributed by atoms with Crippen LogP contribution in [0, 0.1) is 5.92 Å². The lowest BCUT2D eigenvalue weighted by molar-refractivity contribution is 0.0940. The SMILES string of the molecule is CC(C)NCC1CCCN(C[C@@H](C)O)C1. The van der Waals surface area contributed by atoms with Crippen LogP contribution in [0.4, 0.5) is 0 Å². The fourth-order valence-corrected chi connectivity index (χ4v) is 2.26. The van der Waals surface area contributed by atoms with Crippen LogP contribution in [-0.2, 0) is 0 Å². The second kappa shape index (κ2) is 6.46. The lowest BCUT2D eigenvalue weighted by Crippen LogP contribution is -2.43. The first-order valence-corrected chi connectivity index (χ1v) is 6.21. The van der Waals surface area contributed by atoms with Gasteiger partial charge in [0, 0.05) is 19.1 Å². The number of aliphatic hydroxyl groups excluding tert-OH is 1. The van der Waals surface area contributed by atoms with E-state index in [1.807, 2.05) is 6.92 Å². The molecular formula is C12H26N2O. The van der Waals surface area contributed by atoms with Gasteiger partial charge in [-0.2, -0.15) is 0 Å². The molecule has 0 spiro atoms. The highest BCUT2D eigenvalue weighted by Gasteiger charge is 2.20. The highest BCUT2D eigenvalue weighted by molar-refractivity contribution is 4.76. The molecule has 0 aliphatic carbocycles. The summed E-state index contributed by atoms with van der Waals surface area (Å²) in [5, 5.41) is 12.9. The van der Waals surface area contributed by atoms with Gasteiger partial charge in [-0.15, -0.1) is 0 Å². The fraction of sp³-hybridized carbons (Fsp3) is 1.00. The van der Waals surface area contributed by atoms with E-state index in [-0.39, 0.29) is 6.10 Å². The molecule has 3 nitrogen and oxygen atoms in total. The van der Waals surface area contributed by atoms with Crippen LogP contribution in [-0.4, -0.2) is 48.3 Å². The second-order valence-corrected chi connectivity index (χ2v) is 5.18. The first-order valence-electron chi connectivity index (χ1n) is 6.21. The Morgan fingerprint density at radius 2 is 2.13 bits per heavy atom. The first kappa shape index (κ1) is 12.9. The zero-order valence-corrected chi connectivity index (χ0v) is 10.4. The van der Waals surface area contributed by atoms with E-state index in [9.17, 15) is 5.11 Å². The molecule has 1 fully saturated rings. The number of nitrogens with one attached hydrogen (secondary N) is 1. The number of β-amino-alcohol motifs (C(OH)–C–C–N with tert-alkyl or cyclic N) is 1. The molecule has 0 radical (unpaired) electrons.